The zero-order valence-corrected chi connectivity index (χ0v) is 12.2. The van der Waals surface area contributed by atoms with Crippen LogP contribution < -0.4 is 0 Å². The lowest BCUT2D eigenvalue weighted by molar-refractivity contribution is -0.137. The second kappa shape index (κ2) is 7.41. The van der Waals surface area contributed by atoms with E-state index >= 15 is 0 Å². The van der Waals surface area contributed by atoms with Gasteiger partial charge in [0.15, 0.2) is 0 Å². The van der Waals surface area contributed by atoms with E-state index < -0.39 is 11.9 Å². The first kappa shape index (κ1) is 15.8. The van der Waals surface area contributed by atoms with Gasteiger partial charge in [-0.1, -0.05) is 48.5 Å². The maximum atomic E-state index is 11.0. The number of hydrogen-bond acceptors (Lipinski definition) is 2. The topological polar surface area (TPSA) is 74.6 Å². The Morgan fingerprint density at radius 3 is 2.05 bits per heavy atom. The molecule has 0 bridgehead atoms. The highest BCUT2D eigenvalue weighted by Gasteiger charge is 2.10. The van der Waals surface area contributed by atoms with Gasteiger partial charge in [0.2, 0.25) is 0 Å². The quantitative estimate of drug-likeness (QED) is 0.824. The van der Waals surface area contributed by atoms with Crippen LogP contribution in [0, 0.1) is 0 Å². The van der Waals surface area contributed by atoms with Gasteiger partial charge < -0.3 is 10.2 Å². The Kier molecular flexibility index (Phi) is 5.31. The smallest absolute Gasteiger partial charge is 0.307 e. The molecule has 0 fully saturated rings. The van der Waals surface area contributed by atoms with Gasteiger partial charge in [-0.25, -0.2) is 0 Å². The minimum Gasteiger partial charge on any atom is -0.481 e. The standard InChI is InChI=1S/C18H18O4/c19-17(20)11-14-7-9-15(16(10-14)12-18(21)22)8-6-13-4-2-1-3-5-13/h1-5,7,9-10H,6,8,11-12H2,(H,19,20)(H,21,22). The van der Waals surface area contributed by atoms with Gasteiger partial charge in [0.25, 0.3) is 0 Å². The van der Waals surface area contributed by atoms with Crippen molar-refractivity contribution in [2.75, 3.05) is 0 Å². The highest BCUT2D eigenvalue weighted by molar-refractivity contribution is 5.72. The molecule has 0 aliphatic rings. The van der Waals surface area contributed by atoms with Crippen molar-refractivity contribution >= 4 is 11.9 Å². The van der Waals surface area contributed by atoms with E-state index in [1.165, 1.54) is 5.56 Å². The van der Waals surface area contributed by atoms with E-state index in [2.05, 4.69) is 0 Å². The molecule has 0 atom stereocenters. The molecule has 22 heavy (non-hydrogen) atoms. The predicted octanol–water partition coefficient (Wildman–Crippen LogP) is 2.73. The molecule has 0 aliphatic heterocycles. The average molecular weight is 298 g/mol. The van der Waals surface area contributed by atoms with E-state index in [4.69, 9.17) is 10.2 Å². The molecule has 0 saturated carbocycles. The summed E-state index contributed by atoms with van der Waals surface area (Å²) in [4.78, 5) is 21.8. The van der Waals surface area contributed by atoms with Crippen molar-refractivity contribution in [1.82, 2.24) is 0 Å². The summed E-state index contributed by atoms with van der Waals surface area (Å²) in [7, 11) is 0. The molecule has 4 heteroatoms. The molecule has 2 N–H and O–H groups in total. The molecule has 0 aromatic heterocycles. The monoisotopic (exact) mass is 298 g/mol. The summed E-state index contributed by atoms with van der Waals surface area (Å²) in [6.07, 6.45) is 1.38. The molecule has 114 valence electrons. The van der Waals surface area contributed by atoms with Gasteiger partial charge in [0.1, 0.15) is 0 Å². The Balaban J connectivity index is 2.17. The van der Waals surface area contributed by atoms with Gasteiger partial charge in [0, 0.05) is 0 Å². The van der Waals surface area contributed by atoms with Crippen LogP contribution in [0.2, 0.25) is 0 Å². The van der Waals surface area contributed by atoms with Crippen LogP contribution in [-0.2, 0) is 35.3 Å². The maximum Gasteiger partial charge on any atom is 0.307 e. The third kappa shape index (κ3) is 4.74. The fraction of sp³-hybridized carbons (Fsp3) is 0.222. The van der Waals surface area contributed by atoms with Crippen molar-refractivity contribution in [2.24, 2.45) is 0 Å². The molecule has 0 amide bonds. The number of carbonyl (C=O) groups is 2. The van der Waals surface area contributed by atoms with Gasteiger partial charge >= 0.3 is 11.9 Å². The first-order valence-corrected chi connectivity index (χ1v) is 7.13. The number of carboxylic acid groups (broad SMARTS) is 2. The van der Waals surface area contributed by atoms with E-state index in [0.717, 1.165) is 18.4 Å². The van der Waals surface area contributed by atoms with Crippen molar-refractivity contribution in [1.29, 1.82) is 0 Å². The maximum absolute atomic E-state index is 11.0. The van der Waals surface area contributed by atoms with Crippen LogP contribution in [0.3, 0.4) is 0 Å². The Morgan fingerprint density at radius 1 is 0.727 bits per heavy atom. The number of hydrogen-bond donors (Lipinski definition) is 2. The summed E-state index contributed by atoms with van der Waals surface area (Å²) in [5.41, 5.74) is 3.48. The summed E-state index contributed by atoms with van der Waals surface area (Å²) < 4.78 is 0. The molecule has 0 radical (unpaired) electrons. The van der Waals surface area contributed by atoms with Gasteiger partial charge in [-0.3, -0.25) is 9.59 Å². The van der Waals surface area contributed by atoms with Crippen molar-refractivity contribution in [2.45, 2.75) is 25.7 Å². The Hall–Kier alpha value is -2.62. The van der Waals surface area contributed by atoms with Crippen LogP contribution in [0.25, 0.3) is 0 Å². The molecule has 0 aliphatic carbocycles. The molecule has 2 aromatic rings. The lowest BCUT2D eigenvalue weighted by Gasteiger charge is -2.10. The normalized spacial score (nSPS) is 10.4. The minimum atomic E-state index is -0.918. The van der Waals surface area contributed by atoms with E-state index in [9.17, 15) is 9.59 Å². The van der Waals surface area contributed by atoms with Crippen molar-refractivity contribution < 1.29 is 19.8 Å². The third-order valence-corrected chi connectivity index (χ3v) is 3.49. The summed E-state index contributed by atoms with van der Waals surface area (Å²) in [5, 5.41) is 17.9. The number of carboxylic acids is 2. The van der Waals surface area contributed by atoms with E-state index in [1.54, 1.807) is 12.1 Å². The van der Waals surface area contributed by atoms with Crippen molar-refractivity contribution in [3.05, 3.63) is 70.8 Å². The van der Waals surface area contributed by atoms with E-state index in [1.807, 2.05) is 36.4 Å². The zero-order valence-electron chi connectivity index (χ0n) is 12.2. The minimum absolute atomic E-state index is 0.0857. The molecular formula is C18H18O4. The molecule has 2 aromatic carbocycles. The van der Waals surface area contributed by atoms with Gasteiger partial charge in [-0.05, 0) is 35.1 Å². The molecule has 0 heterocycles. The number of aliphatic carboxylic acids is 2. The number of aryl methyl sites for hydroxylation is 2. The van der Waals surface area contributed by atoms with Crippen molar-refractivity contribution in [3.63, 3.8) is 0 Å². The summed E-state index contributed by atoms with van der Waals surface area (Å²) in [6, 6.07) is 15.3. The molecule has 0 unspecified atom stereocenters. The highest BCUT2D eigenvalue weighted by Crippen LogP contribution is 2.17. The first-order valence-electron chi connectivity index (χ1n) is 7.13. The van der Waals surface area contributed by atoms with E-state index in [-0.39, 0.29) is 12.8 Å². The van der Waals surface area contributed by atoms with Crippen LogP contribution in [0.4, 0.5) is 0 Å². The van der Waals surface area contributed by atoms with Gasteiger partial charge in [-0.2, -0.15) is 0 Å². The Bertz CT molecular complexity index is 662. The van der Waals surface area contributed by atoms with Crippen LogP contribution in [-0.4, -0.2) is 22.2 Å². The lowest BCUT2D eigenvalue weighted by atomic mass is 9.95. The second-order valence-corrected chi connectivity index (χ2v) is 5.23. The van der Waals surface area contributed by atoms with Crippen molar-refractivity contribution in [3.8, 4) is 0 Å². The molecule has 0 saturated heterocycles. The summed E-state index contributed by atoms with van der Waals surface area (Å²) in [5.74, 6) is -1.83. The second-order valence-electron chi connectivity index (χ2n) is 5.23. The fourth-order valence-electron chi connectivity index (χ4n) is 2.46. The predicted molar refractivity (Wildman–Crippen MR) is 83.0 cm³/mol. The molecular weight excluding hydrogens is 280 g/mol. The molecule has 2 rings (SSSR count). The van der Waals surface area contributed by atoms with Crippen LogP contribution >= 0.6 is 0 Å². The highest BCUT2D eigenvalue weighted by atomic mass is 16.4. The van der Waals surface area contributed by atoms with Crippen LogP contribution in [0.5, 0.6) is 0 Å². The summed E-state index contributed by atoms with van der Waals surface area (Å²) in [6.45, 7) is 0. The lowest BCUT2D eigenvalue weighted by Crippen LogP contribution is -2.07. The number of benzene rings is 2. The number of rotatable bonds is 7. The Morgan fingerprint density at radius 2 is 1.41 bits per heavy atom. The average Bonchev–Trinajstić information content (AvgIpc) is 2.46. The SMILES string of the molecule is O=C(O)Cc1ccc(CCc2ccccc2)c(CC(=O)O)c1. The molecule has 0 spiro atoms. The summed E-state index contributed by atoms with van der Waals surface area (Å²) >= 11 is 0. The van der Waals surface area contributed by atoms with Gasteiger partial charge in [0.05, 0.1) is 12.8 Å². The zero-order chi connectivity index (χ0) is 15.9. The van der Waals surface area contributed by atoms with Gasteiger partial charge in [-0.15, -0.1) is 0 Å². The molecule has 4 nitrogen and oxygen atoms in total. The van der Waals surface area contributed by atoms with Crippen LogP contribution in [0.15, 0.2) is 48.5 Å². The third-order valence-electron chi connectivity index (χ3n) is 3.49. The largest absolute Gasteiger partial charge is 0.481 e. The van der Waals surface area contributed by atoms with Crippen LogP contribution in [0.1, 0.15) is 22.3 Å². The van der Waals surface area contributed by atoms with E-state index in [0.29, 0.717) is 11.1 Å². The Labute approximate surface area is 129 Å². The fourth-order valence-corrected chi connectivity index (χ4v) is 2.46. The first-order chi connectivity index (χ1) is 10.5.